The Morgan fingerprint density at radius 3 is 2.71 bits per heavy atom. The number of nitrogens with zero attached hydrogens (tertiary/aromatic N) is 2. The zero-order valence-corrected chi connectivity index (χ0v) is 10.6. The van der Waals surface area contributed by atoms with Gasteiger partial charge in [0, 0.05) is 0 Å². The lowest BCUT2D eigenvalue weighted by atomic mass is 10.2. The largest absolute Gasteiger partial charge is 0.342 e. The van der Waals surface area contributed by atoms with Gasteiger partial charge in [0.05, 0.1) is 12.6 Å². The zero-order valence-electron chi connectivity index (χ0n) is 10.6. The maximum absolute atomic E-state index is 12.7. The second-order valence-corrected chi connectivity index (χ2v) is 3.98. The van der Waals surface area contributed by atoms with E-state index in [4.69, 9.17) is 0 Å². The molecule has 1 amide bonds. The van der Waals surface area contributed by atoms with Crippen LogP contribution >= 0.6 is 0 Å². The highest BCUT2D eigenvalue weighted by Gasteiger charge is 2.08. The standard InChI is InChI=1S/C12H10FN5O3/c13-8-3-1-7(2-4-8)6-14-17-10(19)5-9-11(20)15-12(21)18-16-9/h1-4,6H,5H2,(H,17,19)(H2,15,18,20,21)/b14-6+. The minimum Gasteiger partial charge on any atom is -0.273 e. The maximum Gasteiger partial charge on any atom is 0.342 e. The molecule has 0 spiro atoms. The number of hydrogen-bond donors (Lipinski definition) is 3. The van der Waals surface area contributed by atoms with Crippen molar-refractivity contribution >= 4 is 12.1 Å². The lowest BCUT2D eigenvalue weighted by Crippen LogP contribution is -2.31. The molecule has 108 valence electrons. The van der Waals surface area contributed by atoms with Gasteiger partial charge < -0.3 is 0 Å². The molecule has 1 heterocycles. The Hall–Kier alpha value is -3.10. The van der Waals surface area contributed by atoms with Crippen molar-refractivity contribution in [3.63, 3.8) is 0 Å². The summed E-state index contributed by atoms with van der Waals surface area (Å²) in [5.74, 6) is -0.960. The van der Waals surface area contributed by atoms with Crippen molar-refractivity contribution < 1.29 is 9.18 Å². The average molecular weight is 291 g/mol. The summed E-state index contributed by atoms with van der Waals surface area (Å²) in [6.07, 6.45) is 0.981. The van der Waals surface area contributed by atoms with E-state index in [-0.39, 0.29) is 17.9 Å². The van der Waals surface area contributed by atoms with Crippen molar-refractivity contribution in [3.05, 3.63) is 62.2 Å². The minimum atomic E-state index is -0.751. The number of carbonyl (C=O) groups is 1. The number of halogens is 1. The third kappa shape index (κ3) is 4.20. The van der Waals surface area contributed by atoms with Crippen molar-refractivity contribution in [2.45, 2.75) is 6.42 Å². The second kappa shape index (κ2) is 6.37. The predicted molar refractivity (Wildman–Crippen MR) is 71.3 cm³/mol. The van der Waals surface area contributed by atoms with E-state index < -0.39 is 17.2 Å². The lowest BCUT2D eigenvalue weighted by Gasteiger charge is -1.98. The Balaban J connectivity index is 1.94. The molecule has 0 atom stereocenters. The van der Waals surface area contributed by atoms with Gasteiger partial charge in [-0.3, -0.25) is 14.6 Å². The number of aromatic nitrogens is 3. The Labute approximate surface area is 116 Å². The van der Waals surface area contributed by atoms with Crippen LogP contribution in [0.2, 0.25) is 0 Å². The first-order valence-electron chi connectivity index (χ1n) is 5.80. The number of hydrazone groups is 1. The van der Waals surface area contributed by atoms with Gasteiger partial charge in [0.2, 0.25) is 5.91 Å². The van der Waals surface area contributed by atoms with Crippen LogP contribution in [0.25, 0.3) is 0 Å². The first-order chi connectivity index (χ1) is 10.0. The third-order valence-electron chi connectivity index (χ3n) is 2.38. The molecule has 2 rings (SSSR count). The second-order valence-electron chi connectivity index (χ2n) is 3.98. The molecular formula is C12H10FN5O3. The number of H-pyrrole nitrogens is 2. The number of nitrogens with one attached hydrogen (secondary N) is 3. The van der Waals surface area contributed by atoms with Gasteiger partial charge in [-0.15, -0.1) is 0 Å². The van der Waals surface area contributed by atoms with Crippen LogP contribution in [0.3, 0.4) is 0 Å². The summed E-state index contributed by atoms with van der Waals surface area (Å²) in [5.41, 5.74) is 1.16. The highest BCUT2D eigenvalue weighted by atomic mass is 19.1. The molecule has 1 aromatic heterocycles. The first-order valence-corrected chi connectivity index (χ1v) is 5.80. The van der Waals surface area contributed by atoms with E-state index in [0.29, 0.717) is 5.56 Å². The fraction of sp³-hybridized carbons (Fsp3) is 0.0833. The fourth-order valence-electron chi connectivity index (χ4n) is 1.41. The highest BCUT2D eigenvalue weighted by molar-refractivity contribution is 5.82. The summed E-state index contributed by atoms with van der Waals surface area (Å²) in [4.78, 5) is 35.5. The normalized spacial score (nSPS) is 10.7. The SMILES string of the molecule is O=C(Cc1n[nH]c(=O)[nH]c1=O)N/N=C/c1ccc(F)cc1. The highest BCUT2D eigenvalue weighted by Crippen LogP contribution is 1.99. The third-order valence-corrected chi connectivity index (χ3v) is 2.38. The molecule has 1 aromatic carbocycles. The molecular weight excluding hydrogens is 281 g/mol. The quantitative estimate of drug-likeness (QED) is 0.509. The number of amides is 1. The van der Waals surface area contributed by atoms with Crippen molar-refractivity contribution in [1.29, 1.82) is 0 Å². The van der Waals surface area contributed by atoms with E-state index in [1.165, 1.54) is 30.5 Å². The minimum absolute atomic E-state index is 0.135. The summed E-state index contributed by atoms with van der Waals surface area (Å²) in [6, 6.07) is 5.48. The summed E-state index contributed by atoms with van der Waals surface area (Å²) in [7, 11) is 0. The monoisotopic (exact) mass is 291 g/mol. The Morgan fingerprint density at radius 2 is 2.05 bits per heavy atom. The Bertz CT molecular complexity index is 778. The van der Waals surface area contributed by atoms with Crippen LogP contribution in [0.15, 0.2) is 39.0 Å². The topological polar surface area (TPSA) is 120 Å². The van der Waals surface area contributed by atoms with Gasteiger partial charge in [-0.2, -0.15) is 10.2 Å². The summed E-state index contributed by atoms with van der Waals surface area (Å²) in [6.45, 7) is 0. The molecule has 0 unspecified atom stereocenters. The molecule has 3 N–H and O–H groups in total. The van der Waals surface area contributed by atoms with Crippen molar-refractivity contribution in [2.75, 3.05) is 0 Å². The fourth-order valence-corrected chi connectivity index (χ4v) is 1.41. The average Bonchev–Trinajstić information content (AvgIpc) is 2.44. The van der Waals surface area contributed by atoms with Crippen LogP contribution in [-0.2, 0) is 11.2 Å². The van der Waals surface area contributed by atoms with Gasteiger partial charge in [0.25, 0.3) is 5.56 Å². The summed E-state index contributed by atoms with van der Waals surface area (Å²) < 4.78 is 12.7. The van der Waals surface area contributed by atoms with Crippen molar-refractivity contribution in [3.8, 4) is 0 Å². The van der Waals surface area contributed by atoms with Crippen LogP contribution in [-0.4, -0.2) is 27.3 Å². The molecule has 2 aromatic rings. The number of hydrogen-bond acceptors (Lipinski definition) is 5. The van der Waals surface area contributed by atoms with Gasteiger partial charge in [0.1, 0.15) is 11.5 Å². The predicted octanol–water partition coefficient (Wildman–Crippen LogP) is -0.710. The number of aromatic amines is 2. The van der Waals surface area contributed by atoms with E-state index in [0.717, 1.165) is 0 Å². The van der Waals surface area contributed by atoms with E-state index in [1.54, 1.807) is 0 Å². The molecule has 0 fully saturated rings. The molecule has 21 heavy (non-hydrogen) atoms. The van der Waals surface area contributed by atoms with Crippen molar-refractivity contribution in [2.24, 2.45) is 5.10 Å². The van der Waals surface area contributed by atoms with E-state index in [9.17, 15) is 18.8 Å². The molecule has 0 radical (unpaired) electrons. The van der Waals surface area contributed by atoms with Gasteiger partial charge in [-0.1, -0.05) is 12.1 Å². The smallest absolute Gasteiger partial charge is 0.273 e. The van der Waals surface area contributed by atoms with Gasteiger partial charge >= 0.3 is 5.69 Å². The van der Waals surface area contributed by atoms with Gasteiger partial charge in [0.15, 0.2) is 0 Å². The molecule has 0 aliphatic rings. The van der Waals surface area contributed by atoms with E-state index in [1.807, 2.05) is 10.1 Å². The van der Waals surface area contributed by atoms with Crippen LogP contribution in [0.1, 0.15) is 11.3 Å². The molecule has 0 saturated heterocycles. The summed E-state index contributed by atoms with van der Waals surface area (Å²) >= 11 is 0. The van der Waals surface area contributed by atoms with Gasteiger partial charge in [-0.05, 0) is 17.7 Å². The number of rotatable bonds is 4. The van der Waals surface area contributed by atoms with Crippen LogP contribution in [0.5, 0.6) is 0 Å². The van der Waals surface area contributed by atoms with E-state index in [2.05, 4.69) is 15.6 Å². The van der Waals surface area contributed by atoms with Gasteiger partial charge in [-0.25, -0.2) is 19.7 Å². The zero-order chi connectivity index (χ0) is 15.2. The lowest BCUT2D eigenvalue weighted by molar-refractivity contribution is -0.120. The molecule has 0 aliphatic carbocycles. The maximum atomic E-state index is 12.7. The molecule has 0 saturated carbocycles. The molecule has 0 aliphatic heterocycles. The summed E-state index contributed by atoms with van der Waals surface area (Å²) in [5, 5.41) is 9.13. The van der Waals surface area contributed by atoms with Crippen LogP contribution in [0.4, 0.5) is 4.39 Å². The molecule has 8 nitrogen and oxygen atoms in total. The van der Waals surface area contributed by atoms with Crippen LogP contribution < -0.4 is 16.7 Å². The Kier molecular flexibility index (Phi) is 4.34. The molecule has 9 heteroatoms. The van der Waals surface area contributed by atoms with Crippen molar-refractivity contribution in [1.82, 2.24) is 20.6 Å². The molecule has 0 bridgehead atoms. The van der Waals surface area contributed by atoms with E-state index >= 15 is 0 Å². The van der Waals surface area contributed by atoms with Crippen LogP contribution in [0, 0.1) is 5.82 Å². The first kappa shape index (κ1) is 14.3. The number of carbonyl (C=O) groups excluding carboxylic acids is 1. The number of benzene rings is 1. The Morgan fingerprint density at radius 1 is 1.33 bits per heavy atom.